The largest absolute Gasteiger partial charge is 0.347 e. The van der Waals surface area contributed by atoms with Gasteiger partial charge in [0.2, 0.25) is 0 Å². The molecule has 2 fully saturated rings. The predicted molar refractivity (Wildman–Crippen MR) is 95.9 cm³/mol. The van der Waals surface area contributed by atoms with Crippen LogP contribution in [-0.2, 0) is 9.47 Å². The van der Waals surface area contributed by atoms with Gasteiger partial charge in [-0.1, -0.05) is 13.3 Å². The van der Waals surface area contributed by atoms with Crippen LogP contribution in [0.1, 0.15) is 53.5 Å². The van der Waals surface area contributed by atoms with Crippen LogP contribution in [0.2, 0.25) is 0 Å². The van der Waals surface area contributed by atoms with Crippen molar-refractivity contribution in [3.8, 4) is 0 Å². The van der Waals surface area contributed by atoms with Crippen LogP contribution >= 0.6 is 0 Å². The van der Waals surface area contributed by atoms with E-state index in [0.29, 0.717) is 56.9 Å². The Morgan fingerprint density at radius 1 is 1.27 bits per heavy atom. The van der Waals surface area contributed by atoms with Crippen molar-refractivity contribution in [1.29, 1.82) is 0 Å². The maximum Gasteiger partial charge on any atom is 0.272 e. The van der Waals surface area contributed by atoms with Crippen molar-refractivity contribution >= 4 is 11.8 Å². The van der Waals surface area contributed by atoms with Crippen molar-refractivity contribution in [1.82, 2.24) is 14.8 Å². The number of hydrogen-bond donors (Lipinski definition) is 0. The molecule has 0 radical (unpaired) electrons. The smallest absolute Gasteiger partial charge is 0.272 e. The fourth-order valence-electron chi connectivity index (χ4n) is 3.39. The average Bonchev–Trinajstić information content (AvgIpc) is 3.13. The third kappa shape index (κ3) is 4.04. The Labute approximate surface area is 154 Å². The number of piperidine rings is 1. The number of nitrogens with zero attached hydrogens (tertiary/aromatic N) is 3. The Morgan fingerprint density at radius 3 is 2.62 bits per heavy atom. The summed E-state index contributed by atoms with van der Waals surface area (Å²) in [5.41, 5.74) is 0.807. The molecule has 2 amide bonds. The van der Waals surface area contributed by atoms with Crippen molar-refractivity contribution in [3.63, 3.8) is 0 Å². The van der Waals surface area contributed by atoms with Gasteiger partial charge in [-0.15, -0.1) is 0 Å². The van der Waals surface area contributed by atoms with Gasteiger partial charge in [-0.05, 0) is 18.6 Å². The van der Waals surface area contributed by atoms with Gasteiger partial charge in [-0.3, -0.25) is 14.6 Å². The first kappa shape index (κ1) is 18.8. The second-order valence-corrected chi connectivity index (χ2v) is 6.91. The van der Waals surface area contributed by atoms with Crippen LogP contribution in [0.3, 0.4) is 0 Å². The summed E-state index contributed by atoms with van der Waals surface area (Å²) >= 11 is 0. The Balaban J connectivity index is 1.64. The SMILES string of the molecule is CCCCN(C)C(=O)c1cc(C(=O)N2CCC3(CC2)OCCO3)ccn1. The van der Waals surface area contributed by atoms with Gasteiger partial charge in [0, 0.05) is 51.3 Å². The van der Waals surface area contributed by atoms with Crippen molar-refractivity contribution in [2.75, 3.05) is 39.9 Å². The Morgan fingerprint density at radius 2 is 1.96 bits per heavy atom. The highest BCUT2D eigenvalue weighted by Crippen LogP contribution is 2.31. The quantitative estimate of drug-likeness (QED) is 0.801. The predicted octanol–water partition coefficient (Wildman–Crippen LogP) is 1.93. The number of rotatable bonds is 5. The number of carbonyl (C=O) groups excluding carboxylic acids is 2. The second kappa shape index (κ2) is 8.14. The van der Waals surface area contributed by atoms with Crippen molar-refractivity contribution in [2.45, 2.75) is 38.4 Å². The van der Waals surface area contributed by atoms with Crippen molar-refractivity contribution in [2.24, 2.45) is 0 Å². The van der Waals surface area contributed by atoms with Crippen molar-refractivity contribution < 1.29 is 19.1 Å². The molecule has 3 rings (SSSR count). The minimum atomic E-state index is -0.502. The van der Waals surface area contributed by atoms with E-state index >= 15 is 0 Å². The van der Waals surface area contributed by atoms with Gasteiger partial charge in [0.15, 0.2) is 5.79 Å². The molecular weight excluding hydrogens is 334 g/mol. The van der Waals surface area contributed by atoms with Gasteiger partial charge in [0.25, 0.3) is 11.8 Å². The summed E-state index contributed by atoms with van der Waals surface area (Å²) in [4.78, 5) is 32.9. The van der Waals surface area contributed by atoms with Crippen LogP contribution in [0.15, 0.2) is 18.3 Å². The van der Waals surface area contributed by atoms with E-state index in [4.69, 9.17) is 9.47 Å². The zero-order valence-electron chi connectivity index (χ0n) is 15.6. The van der Waals surface area contributed by atoms with Crippen LogP contribution in [0, 0.1) is 0 Å². The summed E-state index contributed by atoms with van der Waals surface area (Å²) in [6.07, 6.45) is 4.85. The van der Waals surface area contributed by atoms with Crippen LogP contribution in [0.25, 0.3) is 0 Å². The highest BCUT2D eigenvalue weighted by Gasteiger charge is 2.40. The summed E-state index contributed by atoms with van der Waals surface area (Å²) < 4.78 is 11.4. The normalized spacial score (nSPS) is 18.9. The van der Waals surface area contributed by atoms with E-state index < -0.39 is 5.79 Å². The lowest BCUT2D eigenvalue weighted by molar-refractivity contribution is -0.181. The van der Waals surface area contributed by atoms with Crippen LogP contribution in [0.4, 0.5) is 0 Å². The van der Waals surface area contributed by atoms with E-state index in [1.807, 2.05) is 0 Å². The highest BCUT2D eigenvalue weighted by atomic mass is 16.7. The molecule has 2 saturated heterocycles. The zero-order chi connectivity index (χ0) is 18.6. The van der Waals surface area contributed by atoms with E-state index in [1.165, 1.54) is 6.20 Å². The number of likely N-dealkylation sites (tertiary alicyclic amines) is 1. The van der Waals surface area contributed by atoms with Gasteiger partial charge in [0.1, 0.15) is 5.69 Å². The van der Waals surface area contributed by atoms with Gasteiger partial charge in [-0.25, -0.2) is 0 Å². The lowest BCUT2D eigenvalue weighted by Gasteiger charge is -2.37. The maximum absolute atomic E-state index is 12.8. The molecule has 2 aliphatic heterocycles. The van der Waals surface area contributed by atoms with Crippen LogP contribution < -0.4 is 0 Å². The standard InChI is InChI=1S/C19H27N3O4/c1-3-4-9-21(2)18(24)16-14-15(5-8-20-16)17(23)22-10-6-19(7-11-22)25-12-13-26-19/h5,8,14H,3-4,6-7,9-13H2,1-2H3. The lowest BCUT2D eigenvalue weighted by Crippen LogP contribution is -2.47. The molecule has 0 unspecified atom stereocenters. The molecule has 7 heteroatoms. The first-order valence-electron chi connectivity index (χ1n) is 9.33. The molecule has 1 spiro atoms. The van der Waals surface area contributed by atoms with Gasteiger partial charge >= 0.3 is 0 Å². The highest BCUT2D eigenvalue weighted by molar-refractivity contribution is 5.98. The molecular formula is C19H27N3O4. The van der Waals surface area contributed by atoms with E-state index in [2.05, 4.69) is 11.9 Å². The molecule has 0 aliphatic carbocycles. The third-order valence-electron chi connectivity index (χ3n) is 5.05. The number of unbranched alkanes of at least 4 members (excludes halogenated alkanes) is 1. The molecule has 1 aromatic heterocycles. The zero-order valence-corrected chi connectivity index (χ0v) is 15.6. The van der Waals surface area contributed by atoms with E-state index in [9.17, 15) is 9.59 Å². The molecule has 2 aliphatic rings. The minimum absolute atomic E-state index is 0.0782. The summed E-state index contributed by atoms with van der Waals surface area (Å²) in [5, 5.41) is 0. The summed E-state index contributed by atoms with van der Waals surface area (Å²) in [6.45, 7) is 5.18. The molecule has 0 N–H and O–H groups in total. The van der Waals surface area contributed by atoms with E-state index in [-0.39, 0.29) is 11.8 Å². The first-order chi connectivity index (χ1) is 12.5. The topological polar surface area (TPSA) is 72.0 Å². The van der Waals surface area contributed by atoms with Gasteiger partial charge in [-0.2, -0.15) is 0 Å². The molecule has 0 bridgehead atoms. The lowest BCUT2D eigenvalue weighted by atomic mass is 10.0. The Bertz CT molecular complexity index is 648. The fraction of sp³-hybridized carbons (Fsp3) is 0.632. The van der Waals surface area contributed by atoms with E-state index in [1.54, 1.807) is 29.0 Å². The average molecular weight is 361 g/mol. The Kier molecular flexibility index (Phi) is 5.88. The minimum Gasteiger partial charge on any atom is -0.347 e. The van der Waals surface area contributed by atoms with Gasteiger partial charge < -0.3 is 19.3 Å². The first-order valence-corrected chi connectivity index (χ1v) is 9.33. The molecule has 3 heterocycles. The van der Waals surface area contributed by atoms with Gasteiger partial charge in [0.05, 0.1) is 13.2 Å². The molecule has 26 heavy (non-hydrogen) atoms. The Hall–Kier alpha value is -1.99. The number of ether oxygens (including phenoxy) is 2. The molecule has 142 valence electrons. The monoisotopic (exact) mass is 361 g/mol. The number of aromatic nitrogens is 1. The molecule has 0 saturated carbocycles. The van der Waals surface area contributed by atoms with Crippen LogP contribution in [-0.4, -0.2) is 72.3 Å². The summed E-state index contributed by atoms with van der Waals surface area (Å²) in [7, 11) is 1.76. The third-order valence-corrected chi connectivity index (χ3v) is 5.05. The van der Waals surface area contributed by atoms with Crippen molar-refractivity contribution in [3.05, 3.63) is 29.6 Å². The summed E-state index contributed by atoms with van der Waals surface area (Å²) in [6, 6.07) is 3.26. The molecule has 0 atom stereocenters. The van der Waals surface area contributed by atoms with Crippen LogP contribution in [0.5, 0.6) is 0 Å². The van der Waals surface area contributed by atoms with E-state index in [0.717, 1.165) is 12.8 Å². The second-order valence-electron chi connectivity index (χ2n) is 6.91. The fourth-order valence-corrected chi connectivity index (χ4v) is 3.39. The maximum atomic E-state index is 12.8. The number of amides is 2. The number of carbonyl (C=O) groups is 2. The summed E-state index contributed by atoms with van der Waals surface area (Å²) in [5.74, 6) is -0.734. The molecule has 1 aromatic rings. The number of hydrogen-bond acceptors (Lipinski definition) is 5. The molecule has 7 nitrogen and oxygen atoms in total. The molecule has 0 aromatic carbocycles. The number of pyridine rings is 1.